The van der Waals surface area contributed by atoms with Crippen molar-refractivity contribution in [2.45, 2.75) is 13.3 Å². The van der Waals surface area contributed by atoms with Crippen LogP contribution < -0.4 is 5.32 Å². The van der Waals surface area contributed by atoms with E-state index in [-0.39, 0.29) is 5.97 Å². The fraction of sp³-hybridized carbons (Fsp3) is 0.312. The van der Waals surface area contributed by atoms with Gasteiger partial charge >= 0.3 is 5.97 Å². The molecular weight excluding hydrogens is 254 g/mol. The molecule has 4 heteroatoms. The van der Waals surface area contributed by atoms with Gasteiger partial charge in [0.05, 0.1) is 13.4 Å². The van der Waals surface area contributed by atoms with E-state index in [1.54, 1.807) is 6.08 Å². The van der Waals surface area contributed by atoms with Gasteiger partial charge in [0.15, 0.2) is 0 Å². The van der Waals surface area contributed by atoms with E-state index in [4.69, 9.17) is 4.42 Å². The lowest BCUT2D eigenvalue weighted by Gasteiger charge is -2.00. The lowest BCUT2D eigenvalue weighted by atomic mass is 10.1. The highest BCUT2D eigenvalue weighted by Crippen LogP contribution is 2.22. The van der Waals surface area contributed by atoms with Crippen molar-refractivity contribution in [2.75, 3.05) is 20.2 Å². The molecule has 0 bridgehead atoms. The number of benzene rings is 1. The standard InChI is InChI=1S/C16H19NO3/c1-12-5-6-14-13(11-20-15(14)10-12)7-9-17-8-3-4-16(18)19-2/h3-6,10-11,17H,7-9H2,1-2H3/b4-3+. The van der Waals surface area contributed by atoms with Gasteiger partial charge in [-0.25, -0.2) is 4.79 Å². The number of carbonyl (C=O) groups is 1. The first kappa shape index (κ1) is 14.3. The molecule has 0 unspecified atom stereocenters. The first-order valence-electron chi connectivity index (χ1n) is 6.62. The predicted molar refractivity (Wildman–Crippen MR) is 78.7 cm³/mol. The Morgan fingerprint density at radius 3 is 3.10 bits per heavy atom. The zero-order chi connectivity index (χ0) is 14.4. The molecule has 0 spiro atoms. The molecule has 2 aromatic rings. The van der Waals surface area contributed by atoms with Gasteiger partial charge in [0, 0.05) is 18.0 Å². The normalized spacial score (nSPS) is 11.3. The molecule has 0 aliphatic rings. The quantitative estimate of drug-likeness (QED) is 0.499. The Kier molecular flexibility index (Phi) is 4.96. The van der Waals surface area contributed by atoms with Crippen LogP contribution in [0.1, 0.15) is 11.1 Å². The molecule has 0 atom stereocenters. The lowest BCUT2D eigenvalue weighted by molar-refractivity contribution is -0.134. The second-order valence-electron chi connectivity index (χ2n) is 4.64. The van der Waals surface area contributed by atoms with Gasteiger partial charge in [-0.05, 0) is 37.1 Å². The molecule has 0 fully saturated rings. The van der Waals surface area contributed by atoms with Crippen LogP contribution in [0.15, 0.2) is 41.0 Å². The number of ether oxygens (including phenoxy) is 1. The van der Waals surface area contributed by atoms with Gasteiger partial charge in [0.1, 0.15) is 5.58 Å². The molecule has 20 heavy (non-hydrogen) atoms. The highest BCUT2D eigenvalue weighted by atomic mass is 16.5. The molecule has 106 valence electrons. The molecule has 1 aromatic heterocycles. The average Bonchev–Trinajstić information content (AvgIpc) is 2.84. The first-order valence-corrected chi connectivity index (χ1v) is 6.62. The number of furan rings is 1. The van der Waals surface area contributed by atoms with Crippen molar-refractivity contribution in [2.24, 2.45) is 0 Å². The largest absolute Gasteiger partial charge is 0.466 e. The monoisotopic (exact) mass is 273 g/mol. The highest BCUT2D eigenvalue weighted by molar-refractivity contribution is 5.82. The van der Waals surface area contributed by atoms with E-state index in [1.165, 1.54) is 29.7 Å². The summed E-state index contributed by atoms with van der Waals surface area (Å²) >= 11 is 0. The molecule has 1 heterocycles. The number of esters is 1. The third-order valence-corrected chi connectivity index (χ3v) is 3.10. The zero-order valence-corrected chi connectivity index (χ0v) is 11.8. The van der Waals surface area contributed by atoms with E-state index in [9.17, 15) is 4.79 Å². The van der Waals surface area contributed by atoms with E-state index in [0.29, 0.717) is 6.54 Å². The minimum atomic E-state index is -0.331. The molecule has 0 aliphatic heterocycles. The maximum absolute atomic E-state index is 10.9. The van der Waals surface area contributed by atoms with Crippen molar-refractivity contribution < 1.29 is 13.9 Å². The summed E-state index contributed by atoms with van der Waals surface area (Å²) in [5.41, 5.74) is 3.33. The van der Waals surface area contributed by atoms with Crippen molar-refractivity contribution >= 4 is 16.9 Å². The van der Waals surface area contributed by atoms with Crippen LogP contribution >= 0.6 is 0 Å². The number of carbonyl (C=O) groups excluding carboxylic acids is 1. The van der Waals surface area contributed by atoms with Crippen molar-refractivity contribution in [1.82, 2.24) is 5.32 Å². The van der Waals surface area contributed by atoms with Gasteiger partial charge in [0.25, 0.3) is 0 Å². The molecule has 4 nitrogen and oxygen atoms in total. The average molecular weight is 273 g/mol. The number of hydrogen-bond acceptors (Lipinski definition) is 4. The van der Waals surface area contributed by atoms with Gasteiger partial charge in [-0.2, -0.15) is 0 Å². The molecular formula is C16H19NO3. The minimum absolute atomic E-state index is 0.331. The summed E-state index contributed by atoms with van der Waals surface area (Å²) in [7, 11) is 1.37. The Bertz CT molecular complexity index is 613. The lowest BCUT2D eigenvalue weighted by Crippen LogP contribution is -2.17. The number of methoxy groups -OCH3 is 1. The van der Waals surface area contributed by atoms with Crippen molar-refractivity contribution in [3.63, 3.8) is 0 Å². The Morgan fingerprint density at radius 1 is 1.45 bits per heavy atom. The second-order valence-corrected chi connectivity index (χ2v) is 4.64. The fourth-order valence-corrected chi connectivity index (χ4v) is 2.02. The molecule has 1 aromatic carbocycles. The van der Waals surface area contributed by atoms with E-state index in [2.05, 4.69) is 29.1 Å². The Morgan fingerprint density at radius 2 is 2.30 bits per heavy atom. The Hall–Kier alpha value is -2.07. The topological polar surface area (TPSA) is 51.5 Å². The fourth-order valence-electron chi connectivity index (χ4n) is 2.02. The summed E-state index contributed by atoms with van der Waals surface area (Å²) in [4.78, 5) is 10.9. The molecule has 0 saturated carbocycles. The Balaban J connectivity index is 1.81. The summed E-state index contributed by atoms with van der Waals surface area (Å²) in [5.74, 6) is -0.331. The van der Waals surface area contributed by atoms with Gasteiger partial charge in [-0.3, -0.25) is 0 Å². The minimum Gasteiger partial charge on any atom is -0.466 e. The van der Waals surface area contributed by atoms with Crippen LogP contribution in [0.5, 0.6) is 0 Å². The van der Waals surface area contributed by atoms with E-state index in [0.717, 1.165) is 18.5 Å². The number of nitrogens with one attached hydrogen (secondary N) is 1. The van der Waals surface area contributed by atoms with Crippen LogP contribution in [-0.4, -0.2) is 26.2 Å². The van der Waals surface area contributed by atoms with Crippen LogP contribution in [0.4, 0.5) is 0 Å². The number of hydrogen-bond donors (Lipinski definition) is 1. The molecule has 1 N–H and O–H groups in total. The zero-order valence-electron chi connectivity index (χ0n) is 11.8. The maximum atomic E-state index is 10.9. The van der Waals surface area contributed by atoms with Crippen LogP contribution in [-0.2, 0) is 16.0 Å². The summed E-state index contributed by atoms with van der Waals surface area (Å²) in [6.45, 7) is 3.52. The third-order valence-electron chi connectivity index (χ3n) is 3.10. The van der Waals surface area contributed by atoms with E-state index < -0.39 is 0 Å². The predicted octanol–water partition coefficient (Wildman–Crippen LogP) is 2.60. The summed E-state index contributed by atoms with van der Waals surface area (Å²) in [6.07, 6.45) is 5.88. The smallest absolute Gasteiger partial charge is 0.330 e. The number of rotatable bonds is 6. The molecule has 0 radical (unpaired) electrons. The number of fused-ring (bicyclic) bond motifs is 1. The van der Waals surface area contributed by atoms with Crippen molar-refractivity contribution in [3.05, 3.63) is 47.7 Å². The molecule has 0 aliphatic carbocycles. The van der Waals surface area contributed by atoms with Crippen LogP contribution in [0, 0.1) is 6.92 Å². The first-order chi connectivity index (χ1) is 9.70. The number of aryl methyl sites for hydroxylation is 1. The van der Waals surface area contributed by atoms with E-state index in [1.807, 2.05) is 12.3 Å². The van der Waals surface area contributed by atoms with Gasteiger partial charge < -0.3 is 14.5 Å². The molecule has 0 amide bonds. The summed E-state index contributed by atoms with van der Waals surface area (Å²) in [6, 6.07) is 6.24. The molecule has 2 rings (SSSR count). The van der Waals surface area contributed by atoms with E-state index >= 15 is 0 Å². The summed E-state index contributed by atoms with van der Waals surface area (Å²) < 4.78 is 10.1. The molecule has 0 saturated heterocycles. The highest BCUT2D eigenvalue weighted by Gasteiger charge is 2.05. The van der Waals surface area contributed by atoms with Crippen molar-refractivity contribution in [1.29, 1.82) is 0 Å². The van der Waals surface area contributed by atoms with Crippen LogP contribution in [0.3, 0.4) is 0 Å². The Labute approximate surface area is 118 Å². The van der Waals surface area contributed by atoms with Crippen molar-refractivity contribution in [3.8, 4) is 0 Å². The van der Waals surface area contributed by atoms with Gasteiger partial charge in [-0.1, -0.05) is 18.2 Å². The SMILES string of the molecule is COC(=O)/C=C/CNCCc1coc2cc(C)ccc12. The maximum Gasteiger partial charge on any atom is 0.330 e. The third kappa shape index (κ3) is 3.71. The summed E-state index contributed by atoms with van der Waals surface area (Å²) in [5, 5.41) is 4.41. The second kappa shape index (κ2) is 6.91. The van der Waals surface area contributed by atoms with Crippen LogP contribution in [0.25, 0.3) is 11.0 Å². The van der Waals surface area contributed by atoms with Gasteiger partial charge in [-0.15, -0.1) is 0 Å². The van der Waals surface area contributed by atoms with Gasteiger partial charge in [0.2, 0.25) is 0 Å². The van der Waals surface area contributed by atoms with Crippen LogP contribution in [0.2, 0.25) is 0 Å².